The SMILES string of the molecule is CCOc1ccc(F)cc1C(=O)C1CC2CCC(C1)N2C(=O)OCc1ccccc1. The summed E-state index contributed by atoms with van der Waals surface area (Å²) in [6.45, 7) is 2.47. The first kappa shape index (κ1) is 20.4. The minimum Gasteiger partial charge on any atom is -0.493 e. The van der Waals surface area contributed by atoms with E-state index in [9.17, 15) is 14.0 Å². The molecule has 2 atom stereocenters. The Morgan fingerprint density at radius 2 is 1.77 bits per heavy atom. The van der Waals surface area contributed by atoms with E-state index in [2.05, 4.69) is 0 Å². The molecular weight excluding hydrogens is 385 g/mol. The summed E-state index contributed by atoms with van der Waals surface area (Å²) >= 11 is 0. The first-order chi connectivity index (χ1) is 14.6. The van der Waals surface area contributed by atoms with E-state index in [1.54, 1.807) is 0 Å². The summed E-state index contributed by atoms with van der Waals surface area (Å²) in [6, 6.07) is 13.6. The molecule has 2 aliphatic rings. The molecule has 5 nitrogen and oxygen atoms in total. The van der Waals surface area contributed by atoms with Gasteiger partial charge in [-0.15, -0.1) is 0 Å². The molecule has 0 saturated carbocycles. The number of hydrogen-bond acceptors (Lipinski definition) is 4. The van der Waals surface area contributed by atoms with Crippen LogP contribution in [0.3, 0.4) is 0 Å². The predicted molar refractivity (Wildman–Crippen MR) is 110 cm³/mol. The fourth-order valence-electron chi connectivity index (χ4n) is 4.68. The molecule has 2 unspecified atom stereocenters. The second-order valence-corrected chi connectivity index (χ2v) is 7.94. The lowest BCUT2D eigenvalue weighted by Crippen LogP contribution is -2.48. The van der Waals surface area contributed by atoms with Gasteiger partial charge in [0.05, 0.1) is 12.2 Å². The van der Waals surface area contributed by atoms with E-state index in [0.717, 1.165) is 18.4 Å². The van der Waals surface area contributed by atoms with Crippen molar-refractivity contribution in [3.05, 3.63) is 65.5 Å². The zero-order chi connectivity index (χ0) is 21.1. The molecule has 1 amide bonds. The van der Waals surface area contributed by atoms with Gasteiger partial charge in [0.15, 0.2) is 5.78 Å². The highest BCUT2D eigenvalue weighted by atomic mass is 19.1. The first-order valence-corrected chi connectivity index (χ1v) is 10.5. The van der Waals surface area contributed by atoms with Gasteiger partial charge in [-0.1, -0.05) is 30.3 Å². The van der Waals surface area contributed by atoms with Crippen LogP contribution < -0.4 is 4.74 Å². The van der Waals surface area contributed by atoms with Crippen LogP contribution in [0.4, 0.5) is 9.18 Å². The van der Waals surface area contributed by atoms with Gasteiger partial charge in [0.2, 0.25) is 0 Å². The molecule has 2 aromatic rings. The monoisotopic (exact) mass is 411 g/mol. The van der Waals surface area contributed by atoms with E-state index < -0.39 is 5.82 Å². The fourth-order valence-corrected chi connectivity index (χ4v) is 4.68. The molecule has 30 heavy (non-hydrogen) atoms. The number of carbonyl (C=O) groups is 2. The summed E-state index contributed by atoms with van der Waals surface area (Å²) in [6.07, 6.45) is 2.53. The Kier molecular flexibility index (Phi) is 6.02. The number of benzene rings is 2. The summed E-state index contributed by atoms with van der Waals surface area (Å²) < 4.78 is 24.9. The topological polar surface area (TPSA) is 55.8 Å². The molecule has 2 fully saturated rings. The third-order valence-electron chi connectivity index (χ3n) is 6.03. The highest BCUT2D eigenvalue weighted by molar-refractivity contribution is 6.00. The van der Waals surface area contributed by atoms with Gasteiger partial charge in [0.1, 0.15) is 18.2 Å². The van der Waals surface area contributed by atoms with Crippen LogP contribution in [0.15, 0.2) is 48.5 Å². The third kappa shape index (κ3) is 4.18. The van der Waals surface area contributed by atoms with Crippen LogP contribution in [0.5, 0.6) is 5.75 Å². The first-order valence-electron chi connectivity index (χ1n) is 10.5. The van der Waals surface area contributed by atoms with Crippen LogP contribution in [-0.2, 0) is 11.3 Å². The average Bonchev–Trinajstić information content (AvgIpc) is 3.03. The Labute approximate surface area is 175 Å². The lowest BCUT2D eigenvalue weighted by molar-refractivity contribution is 0.0483. The molecule has 0 aliphatic carbocycles. The van der Waals surface area contributed by atoms with Crippen LogP contribution in [0.2, 0.25) is 0 Å². The Hall–Kier alpha value is -2.89. The van der Waals surface area contributed by atoms with Crippen molar-refractivity contribution in [3.8, 4) is 5.75 Å². The number of carbonyl (C=O) groups excluding carboxylic acids is 2. The molecule has 0 radical (unpaired) electrons. The van der Waals surface area contributed by atoms with E-state index in [0.29, 0.717) is 30.8 Å². The zero-order valence-electron chi connectivity index (χ0n) is 17.1. The second-order valence-electron chi connectivity index (χ2n) is 7.94. The van der Waals surface area contributed by atoms with E-state index in [1.807, 2.05) is 42.2 Å². The second kappa shape index (κ2) is 8.86. The number of halogens is 1. The third-order valence-corrected chi connectivity index (χ3v) is 6.03. The average molecular weight is 411 g/mol. The van der Waals surface area contributed by atoms with Crippen molar-refractivity contribution in [1.29, 1.82) is 0 Å². The van der Waals surface area contributed by atoms with Crippen LogP contribution in [-0.4, -0.2) is 35.5 Å². The van der Waals surface area contributed by atoms with Gasteiger partial charge >= 0.3 is 6.09 Å². The van der Waals surface area contributed by atoms with Crippen LogP contribution >= 0.6 is 0 Å². The minimum atomic E-state index is -0.452. The molecule has 2 heterocycles. The van der Waals surface area contributed by atoms with Gasteiger partial charge in [0.25, 0.3) is 0 Å². The summed E-state index contributed by atoms with van der Waals surface area (Å²) in [5.74, 6) is -0.388. The molecule has 0 aromatic heterocycles. The molecule has 0 spiro atoms. The van der Waals surface area contributed by atoms with Gasteiger partial charge < -0.3 is 14.4 Å². The van der Waals surface area contributed by atoms with E-state index in [-0.39, 0.29) is 36.5 Å². The largest absolute Gasteiger partial charge is 0.493 e. The van der Waals surface area contributed by atoms with Crippen molar-refractivity contribution in [2.24, 2.45) is 5.92 Å². The van der Waals surface area contributed by atoms with Crippen molar-refractivity contribution in [1.82, 2.24) is 4.90 Å². The quantitative estimate of drug-likeness (QED) is 0.629. The molecule has 0 N–H and O–H groups in total. The number of Topliss-reactive ketones (excluding diaryl/α,β-unsaturated/α-hetero) is 1. The standard InChI is InChI=1S/C24H26FNO4/c1-2-29-22-11-8-18(25)14-21(22)23(27)17-12-19-9-10-20(13-17)26(19)24(28)30-15-16-6-4-3-5-7-16/h3-8,11,14,17,19-20H,2,9-10,12-13,15H2,1H3. The normalized spacial score (nSPS) is 22.6. The van der Waals surface area contributed by atoms with E-state index in [4.69, 9.17) is 9.47 Å². The number of ether oxygens (including phenoxy) is 2. The van der Waals surface area contributed by atoms with E-state index >= 15 is 0 Å². The van der Waals surface area contributed by atoms with Crippen LogP contribution in [0.1, 0.15) is 48.5 Å². The van der Waals surface area contributed by atoms with Crippen molar-refractivity contribution < 1.29 is 23.5 Å². The number of amides is 1. The number of fused-ring (bicyclic) bond motifs is 2. The van der Waals surface area contributed by atoms with Gasteiger partial charge in [-0.2, -0.15) is 0 Å². The minimum absolute atomic E-state index is 0.0231. The lowest BCUT2D eigenvalue weighted by Gasteiger charge is -2.37. The highest BCUT2D eigenvalue weighted by Gasteiger charge is 2.46. The summed E-state index contributed by atoms with van der Waals surface area (Å²) in [5, 5.41) is 0. The Bertz CT molecular complexity index is 903. The maximum atomic E-state index is 13.8. The number of rotatable bonds is 6. The van der Waals surface area contributed by atoms with Crippen molar-refractivity contribution in [3.63, 3.8) is 0 Å². The van der Waals surface area contributed by atoms with Crippen molar-refractivity contribution in [2.75, 3.05) is 6.61 Å². The summed E-state index contributed by atoms with van der Waals surface area (Å²) in [7, 11) is 0. The van der Waals surface area contributed by atoms with E-state index in [1.165, 1.54) is 18.2 Å². The van der Waals surface area contributed by atoms with Crippen molar-refractivity contribution in [2.45, 2.75) is 51.3 Å². The van der Waals surface area contributed by atoms with Gasteiger partial charge in [-0.05, 0) is 56.4 Å². The molecule has 2 aromatic carbocycles. The zero-order valence-corrected chi connectivity index (χ0v) is 17.1. The Morgan fingerprint density at radius 1 is 1.07 bits per heavy atom. The Balaban J connectivity index is 1.43. The highest BCUT2D eigenvalue weighted by Crippen LogP contribution is 2.41. The summed E-state index contributed by atoms with van der Waals surface area (Å²) in [4.78, 5) is 27.7. The smallest absolute Gasteiger partial charge is 0.410 e. The molecule has 2 saturated heterocycles. The molecule has 2 bridgehead atoms. The maximum Gasteiger partial charge on any atom is 0.410 e. The van der Waals surface area contributed by atoms with Crippen LogP contribution in [0, 0.1) is 11.7 Å². The number of ketones is 1. The molecule has 6 heteroatoms. The molecule has 158 valence electrons. The maximum absolute atomic E-state index is 13.8. The van der Waals surface area contributed by atoms with Gasteiger partial charge in [-0.25, -0.2) is 9.18 Å². The van der Waals surface area contributed by atoms with Crippen LogP contribution in [0.25, 0.3) is 0 Å². The molecule has 4 rings (SSSR count). The number of piperidine rings is 1. The summed E-state index contributed by atoms with van der Waals surface area (Å²) in [5.41, 5.74) is 1.24. The molecule has 2 aliphatic heterocycles. The Morgan fingerprint density at radius 3 is 2.43 bits per heavy atom. The predicted octanol–water partition coefficient (Wildman–Crippen LogP) is 4.99. The van der Waals surface area contributed by atoms with Gasteiger partial charge in [-0.3, -0.25) is 4.79 Å². The fraction of sp³-hybridized carbons (Fsp3) is 0.417. The van der Waals surface area contributed by atoms with Crippen molar-refractivity contribution >= 4 is 11.9 Å². The lowest BCUT2D eigenvalue weighted by atomic mass is 9.84. The number of hydrogen-bond donors (Lipinski definition) is 0. The number of nitrogens with zero attached hydrogens (tertiary/aromatic N) is 1. The molecular formula is C24H26FNO4. The van der Waals surface area contributed by atoms with Gasteiger partial charge in [0, 0.05) is 18.0 Å².